The Balaban J connectivity index is 1.87. The Hall–Kier alpha value is -3.21. The average Bonchev–Trinajstić information content (AvgIpc) is 3.01. The number of rotatable bonds is 5. The minimum absolute atomic E-state index is 0.191. The van der Waals surface area contributed by atoms with Crippen LogP contribution in [0.1, 0.15) is 22.5 Å². The Morgan fingerprint density at radius 3 is 2.16 bits per heavy atom. The van der Waals surface area contributed by atoms with E-state index in [0.717, 1.165) is 10.2 Å². The molecule has 0 aliphatic carbocycles. The van der Waals surface area contributed by atoms with Crippen molar-refractivity contribution in [3.63, 3.8) is 0 Å². The second-order valence-electron chi connectivity index (χ2n) is 7.03. The lowest BCUT2D eigenvalue weighted by molar-refractivity contribution is 0.366. The van der Waals surface area contributed by atoms with E-state index in [4.69, 9.17) is 17.0 Å². The van der Waals surface area contributed by atoms with Crippen molar-refractivity contribution in [2.24, 2.45) is 0 Å². The van der Waals surface area contributed by atoms with Gasteiger partial charge >= 0.3 is 0 Å². The summed E-state index contributed by atoms with van der Waals surface area (Å²) in [6.07, 6.45) is 0. The van der Waals surface area contributed by atoms with E-state index in [1.807, 2.05) is 19.1 Å². The normalized spacial score (nSPS) is 10.9. The molecule has 0 bridgehead atoms. The van der Waals surface area contributed by atoms with Crippen LogP contribution in [-0.4, -0.2) is 22.0 Å². The Morgan fingerprint density at radius 2 is 1.56 bits per heavy atom. The van der Waals surface area contributed by atoms with Gasteiger partial charge in [-0.1, -0.05) is 6.07 Å². The van der Waals surface area contributed by atoms with Gasteiger partial charge in [0.15, 0.2) is 28.4 Å². The maximum atomic E-state index is 14.1. The summed E-state index contributed by atoms with van der Waals surface area (Å²) in [7, 11) is 1.52. The molecule has 3 aromatic rings. The summed E-state index contributed by atoms with van der Waals surface area (Å²) in [4.78, 5) is 0. The SMILES string of the molecule is COc1ccc(C)cc1NC(=S)Nc1c(C)nn(Cc2c(F)c(F)c(F)c(F)c2F)c1C. The van der Waals surface area contributed by atoms with Gasteiger partial charge < -0.3 is 15.4 Å². The molecule has 3 rings (SSSR count). The third kappa shape index (κ3) is 4.38. The third-order valence-electron chi connectivity index (χ3n) is 4.83. The van der Waals surface area contributed by atoms with Crippen molar-refractivity contribution in [1.82, 2.24) is 9.78 Å². The lowest BCUT2D eigenvalue weighted by Gasteiger charge is -2.14. The van der Waals surface area contributed by atoms with Gasteiger partial charge in [0.25, 0.3) is 0 Å². The van der Waals surface area contributed by atoms with Crippen LogP contribution in [0.25, 0.3) is 0 Å². The first-order chi connectivity index (χ1) is 15.0. The number of methoxy groups -OCH3 is 1. The number of hydrogen-bond acceptors (Lipinski definition) is 3. The van der Waals surface area contributed by atoms with Crippen molar-refractivity contribution in [2.45, 2.75) is 27.3 Å². The summed E-state index contributed by atoms with van der Waals surface area (Å²) in [6, 6.07) is 5.48. The first-order valence-corrected chi connectivity index (χ1v) is 9.72. The molecule has 0 atom stereocenters. The molecular weight excluding hydrogens is 451 g/mol. The van der Waals surface area contributed by atoms with Crippen LogP contribution in [-0.2, 0) is 6.54 Å². The van der Waals surface area contributed by atoms with Crippen molar-refractivity contribution in [3.8, 4) is 5.75 Å². The number of benzene rings is 2. The highest BCUT2D eigenvalue weighted by atomic mass is 32.1. The predicted octanol–water partition coefficient (Wildman–Crippen LogP) is 5.37. The van der Waals surface area contributed by atoms with E-state index >= 15 is 0 Å². The average molecular weight is 470 g/mol. The fourth-order valence-corrected chi connectivity index (χ4v) is 3.37. The maximum absolute atomic E-state index is 14.1. The zero-order chi connectivity index (χ0) is 23.7. The molecule has 1 heterocycles. The van der Waals surface area contributed by atoms with Gasteiger partial charge in [-0.25, -0.2) is 22.0 Å². The highest BCUT2D eigenvalue weighted by molar-refractivity contribution is 7.80. The molecule has 0 saturated carbocycles. The van der Waals surface area contributed by atoms with Crippen molar-refractivity contribution in [2.75, 3.05) is 17.7 Å². The molecule has 0 saturated heterocycles. The maximum Gasteiger partial charge on any atom is 0.200 e. The van der Waals surface area contributed by atoms with Crippen molar-refractivity contribution >= 4 is 28.7 Å². The summed E-state index contributed by atoms with van der Waals surface area (Å²) >= 11 is 5.34. The minimum atomic E-state index is -2.21. The molecule has 0 amide bonds. The quantitative estimate of drug-likeness (QED) is 0.227. The van der Waals surface area contributed by atoms with Crippen LogP contribution in [0.2, 0.25) is 0 Å². The molecule has 0 radical (unpaired) electrons. The van der Waals surface area contributed by atoms with Gasteiger partial charge in [0.05, 0.1) is 42.0 Å². The van der Waals surface area contributed by atoms with Crippen LogP contribution < -0.4 is 15.4 Å². The number of halogens is 5. The topological polar surface area (TPSA) is 51.1 Å². The van der Waals surface area contributed by atoms with E-state index in [1.54, 1.807) is 19.9 Å². The van der Waals surface area contributed by atoms with E-state index < -0.39 is 41.2 Å². The van der Waals surface area contributed by atoms with Crippen LogP contribution in [0.15, 0.2) is 18.2 Å². The van der Waals surface area contributed by atoms with E-state index in [9.17, 15) is 22.0 Å². The second-order valence-corrected chi connectivity index (χ2v) is 7.44. The largest absolute Gasteiger partial charge is 0.495 e. The standard InChI is InChI=1S/C21H19F5N4OS/c1-9-5-6-14(31-4)13(7-9)27-21(32)28-20-10(2)29-30(11(20)3)8-12-15(22)17(24)19(26)18(25)16(12)23/h5-7H,8H2,1-4H3,(H2,27,28,32). The highest BCUT2D eigenvalue weighted by Crippen LogP contribution is 2.28. The second kappa shape index (κ2) is 9.11. The Kier molecular flexibility index (Phi) is 6.68. The van der Waals surface area contributed by atoms with Crippen molar-refractivity contribution in [3.05, 3.63) is 69.8 Å². The molecule has 0 aliphatic heterocycles. The van der Waals surface area contributed by atoms with Gasteiger partial charge in [-0.3, -0.25) is 4.68 Å². The lowest BCUT2D eigenvalue weighted by Crippen LogP contribution is -2.20. The molecule has 2 N–H and O–H groups in total. The van der Waals surface area contributed by atoms with Gasteiger partial charge in [0.2, 0.25) is 5.82 Å². The number of hydrogen-bond donors (Lipinski definition) is 2. The lowest BCUT2D eigenvalue weighted by atomic mass is 10.1. The molecule has 0 fully saturated rings. The van der Waals surface area contributed by atoms with Crippen LogP contribution >= 0.6 is 12.2 Å². The summed E-state index contributed by atoms with van der Waals surface area (Å²) in [5.41, 5.74) is 1.83. The number of aromatic nitrogens is 2. The molecule has 11 heteroatoms. The van der Waals surface area contributed by atoms with Gasteiger partial charge in [-0.2, -0.15) is 5.10 Å². The number of ether oxygens (including phenoxy) is 1. The smallest absolute Gasteiger partial charge is 0.200 e. The van der Waals surface area contributed by atoms with Gasteiger partial charge in [-0.05, 0) is 50.7 Å². The first-order valence-electron chi connectivity index (χ1n) is 9.32. The third-order valence-corrected chi connectivity index (χ3v) is 5.04. The van der Waals surface area contributed by atoms with Gasteiger partial charge in [0, 0.05) is 0 Å². The molecule has 2 aromatic carbocycles. The van der Waals surface area contributed by atoms with Crippen LogP contribution in [0.4, 0.5) is 33.3 Å². The monoisotopic (exact) mass is 470 g/mol. The number of thiocarbonyl (C=S) groups is 1. The zero-order valence-corrected chi connectivity index (χ0v) is 18.4. The summed E-state index contributed by atoms with van der Waals surface area (Å²) in [5, 5.41) is 10.3. The molecule has 0 aliphatic rings. The first kappa shape index (κ1) is 23.5. The predicted molar refractivity (Wildman–Crippen MR) is 115 cm³/mol. The molecule has 170 valence electrons. The van der Waals surface area contributed by atoms with Crippen LogP contribution in [0, 0.1) is 49.9 Å². The van der Waals surface area contributed by atoms with Crippen LogP contribution in [0.3, 0.4) is 0 Å². The highest BCUT2D eigenvalue weighted by Gasteiger charge is 2.26. The van der Waals surface area contributed by atoms with E-state index in [-0.39, 0.29) is 5.11 Å². The van der Waals surface area contributed by atoms with Gasteiger partial charge in [0.1, 0.15) is 5.75 Å². The van der Waals surface area contributed by atoms with Crippen molar-refractivity contribution in [1.29, 1.82) is 0 Å². The van der Waals surface area contributed by atoms with E-state index in [2.05, 4.69) is 15.7 Å². The molecular formula is C21H19F5N4OS. The summed E-state index contributed by atoms with van der Waals surface area (Å²) < 4.78 is 74.9. The minimum Gasteiger partial charge on any atom is -0.495 e. The molecule has 0 spiro atoms. The molecule has 32 heavy (non-hydrogen) atoms. The fourth-order valence-electron chi connectivity index (χ4n) is 3.16. The zero-order valence-electron chi connectivity index (χ0n) is 17.5. The van der Waals surface area contributed by atoms with E-state index in [0.29, 0.717) is 28.5 Å². The molecule has 5 nitrogen and oxygen atoms in total. The summed E-state index contributed by atoms with van der Waals surface area (Å²) in [5.74, 6) is -9.44. The Morgan fingerprint density at radius 1 is 0.969 bits per heavy atom. The number of anilines is 2. The number of nitrogens with one attached hydrogen (secondary N) is 2. The fraction of sp³-hybridized carbons (Fsp3) is 0.238. The Labute approximate surface area is 186 Å². The van der Waals surface area contributed by atoms with E-state index in [1.165, 1.54) is 7.11 Å². The van der Waals surface area contributed by atoms with Crippen molar-refractivity contribution < 1.29 is 26.7 Å². The van der Waals surface area contributed by atoms with Gasteiger partial charge in [-0.15, -0.1) is 0 Å². The Bertz CT molecular complexity index is 1180. The number of nitrogens with zero attached hydrogens (tertiary/aromatic N) is 2. The van der Waals surface area contributed by atoms with Crippen LogP contribution in [0.5, 0.6) is 5.75 Å². The molecule has 1 aromatic heterocycles. The molecule has 0 unspecified atom stereocenters. The summed E-state index contributed by atoms with van der Waals surface area (Å²) in [6.45, 7) is 4.43. The number of aryl methyl sites for hydroxylation is 2.